The van der Waals surface area contributed by atoms with Gasteiger partial charge in [-0.3, -0.25) is 9.59 Å². The predicted molar refractivity (Wildman–Crippen MR) is 96.8 cm³/mol. The lowest BCUT2D eigenvalue weighted by Gasteiger charge is -2.34. The predicted octanol–water partition coefficient (Wildman–Crippen LogP) is 2.91. The number of carbonyl (C=O) groups is 3. The number of ether oxygens (including phenoxy) is 3. The fourth-order valence-electron chi connectivity index (χ4n) is 4.28. The summed E-state index contributed by atoms with van der Waals surface area (Å²) in [6.07, 6.45) is 5.02. The maximum Gasteiger partial charge on any atom is 0.410 e. The number of amides is 1. The van der Waals surface area contributed by atoms with Crippen molar-refractivity contribution in [3.8, 4) is 0 Å². The molecule has 0 spiro atoms. The lowest BCUT2D eigenvalue weighted by Crippen LogP contribution is -2.47. The molecule has 3 unspecified atom stereocenters. The number of hydrogen-bond donors (Lipinski definition) is 0. The van der Waals surface area contributed by atoms with Crippen molar-refractivity contribution in [2.75, 3.05) is 19.8 Å². The summed E-state index contributed by atoms with van der Waals surface area (Å²) in [5.74, 6) is -0.418. The van der Waals surface area contributed by atoms with Crippen LogP contribution in [0.15, 0.2) is 0 Å². The SMILES string of the molecule is CC(C)(C)OC(=O)N1CC2CC1C2C(=O)OCCCOC(=O)C1CCCC1. The van der Waals surface area contributed by atoms with E-state index in [1.165, 1.54) is 0 Å². The Kier molecular flexibility index (Phi) is 5.96. The molecule has 2 saturated heterocycles. The van der Waals surface area contributed by atoms with Gasteiger partial charge >= 0.3 is 18.0 Å². The summed E-state index contributed by atoms with van der Waals surface area (Å²) in [5, 5.41) is 0. The Bertz CT molecular complexity index is 578. The standard InChI is InChI=1S/C20H31NO6/c1-20(2,3)27-19(24)21-12-14-11-15(21)16(14)18(23)26-10-6-9-25-17(22)13-7-4-5-8-13/h13-16H,4-12H2,1-3H3. The van der Waals surface area contributed by atoms with Gasteiger partial charge in [-0.25, -0.2) is 4.79 Å². The van der Waals surface area contributed by atoms with E-state index >= 15 is 0 Å². The van der Waals surface area contributed by atoms with Gasteiger partial charge in [-0.1, -0.05) is 12.8 Å². The lowest BCUT2D eigenvalue weighted by molar-refractivity contribution is -0.155. The van der Waals surface area contributed by atoms with Crippen LogP contribution in [0.5, 0.6) is 0 Å². The summed E-state index contributed by atoms with van der Waals surface area (Å²) in [6, 6.07) is -0.113. The summed E-state index contributed by atoms with van der Waals surface area (Å²) >= 11 is 0. The monoisotopic (exact) mass is 381 g/mol. The zero-order valence-electron chi connectivity index (χ0n) is 16.6. The Morgan fingerprint density at radius 1 is 1.00 bits per heavy atom. The molecule has 4 aliphatic rings. The Labute approximate surface area is 160 Å². The van der Waals surface area contributed by atoms with E-state index < -0.39 is 5.60 Å². The average molecular weight is 381 g/mol. The molecule has 27 heavy (non-hydrogen) atoms. The Balaban J connectivity index is 1.34. The van der Waals surface area contributed by atoms with Gasteiger partial charge in [-0.2, -0.15) is 0 Å². The summed E-state index contributed by atoms with van der Waals surface area (Å²) < 4.78 is 16.0. The smallest absolute Gasteiger partial charge is 0.410 e. The molecule has 4 fully saturated rings. The van der Waals surface area contributed by atoms with Crippen molar-refractivity contribution in [1.82, 2.24) is 4.90 Å². The van der Waals surface area contributed by atoms with Crippen molar-refractivity contribution >= 4 is 18.0 Å². The quantitative estimate of drug-likeness (QED) is 0.400. The highest BCUT2D eigenvalue weighted by Crippen LogP contribution is 2.47. The summed E-state index contributed by atoms with van der Waals surface area (Å²) in [6.45, 7) is 6.56. The zero-order chi connectivity index (χ0) is 19.6. The van der Waals surface area contributed by atoms with Gasteiger partial charge < -0.3 is 19.1 Å². The van der Waals surface area contributed by atoms with Gasteiger partial charge in [0.15, 0.2) is 0 Å². The molecular formula is C20H31NO6. The summed E-state index contributed by atoms with van der Waals surface area (Å²) in [7, 11) is 0. The summed E-state index contributed by atoms with van der Waals surface area (Å²) in [5.41, 5.74) is -0.546. The molecule has 4 rings (SSSR count). The minimum Gasteiger partial charge on any atom is -0.465 e. The van der Waals surface area contributed by atoms with Gasteiger partial charge in [0, 0.05) is 19.0 Å². The van der Waals surface area contributed by atoms with E-state index in [2.05, 4.69) is 0 Å². The van der Waals surface area contributed by atoms with E-state index in [0.29, 0.717) is 13.0 Å². The molecule has 2 saturated carbocycles. The van der Waals surface area contributed by atoms with E-state index in [1.54, 1.807) is 4.90 Å². The third-order valence-corrected chi connectivity index (χ3v) is 5.66. The van der Waals surface area contributed by atoms with E-state index in [9.17, 15) is 14.4 Å². The van der Waals surface area contributed by atoms with Crippen LogP contribution in [0.4, 0.5) is 4.79 Å². The fraction of sp³-hybridized carbons (Fsp3) is 0.850. The number of esters is 2. The Morgan fingerprint density at radius 3 is 2.26 bits per heavy atom. The van der Waals surface area contributed by atoms with Crippen LogP contribution >= 0.6 is 0 Å². The first-order valence-corrected chi connectivity index (χ1v) is 10.1. The number of rotatable bonds is 6. The van der Waals surface area contributed by atoms with Gasteiger partial charge in [-0.05, 0) is 46.0 Å². The van der Waals surface area contributed by atoms with Crippen molar-refractivity contribution in [2.45, 2.75) is 70.9 Å². The van der Waals surface area contributed by atoms with Gasteiger partial charge in [0.2, 0.25) is 0 Å². The second kappa shape index (κ2) is 8.07. The molecule has 3 atom stereocenters. The van der Waals surface area contributed by atoms with Gasteiger partial charge in [0.1, 0.15) is 5.60 Å². The van der Waals surface area contributed by atoms with Crippen molar-refractivity contribution < 1.29 is 28.6 Å². The number of fused-ring (bicyclic) bond motifs is 1. The molecule has 7 nitrogen and oxygen atoms in total. The van der Waals surface area contributed by atoms with E-state index in [4.69, 9.17) is 14.2 Å². The van der Waals surface area contributed by atoms with Crippen LogP contribution in [0, 0.1) is 17.8 Å². The van der Waals surface area contributed by atoms with E-state index in [1.807, 2.05) is 20.8 Å². The normalized spacial score (nSPS) is 27.2. The first-order valence-electron chi connectivity index (χ1n) is 10.1. The molecule has 152 valence electrons. The van der Waals surface area contributed by atoms with Crippen molar-refractivity contribution in [1.29, 1.82) is 0 Å². The highest BCUT2D eigenvalue weighted by molar-refractivity contribution is 5.79. The highest BCUT2D eigenvalue weighted by Gasteiger charge is 2.58. The van der Waals surface area contributed by atoms with Gasteiger partial charge in [-0.15, -0.1) is 0 Å². The molecule has 0 aromatic carbocycles. The molecule has 2 heterocycles. The molecule has 1 amide bonds. The third-order valence-electron chi connectivity index (χ3n) is 5.66. The molecule has 7 heteroatoms. The molecule has 0 radical (unpaired) electrons. The topological polar surface area (TPSA) is 82.1 Å². The van der Waals surface area contributed by atoms with E-state index in [0.717, 1.165) is 32.1 Å². The Hall–Kier alpha value is -1.79. The van der Waals surface area contributed by atoms with Gasteiger partial charge in [0.05, 0.1) is 25.0 Å². The molecule has 0 N–H and O–H groups in total. The first kappa shape index (κ1) is 20.0. The highest BCUT2D eigenvalue weighted by atomic mass is 16.6. The summed E-state index contributed by atoms with van der Waals surface area (Å²) in [4.78, 5) is 38.1. The molecule has 0 aromatic rings. The lowest BCUT2D eigenvalue weighted by atomic mass is 9.74. The van der Waals surface area contributed by atoms with Crippen LogP contribution < -0.4 is 0 Å². The molecule has 0 aromatic heterocycles. The average Bonchev–Trinajstić information content (AvgIpc) is 3.28. The molecule has 2 bridgehead atoms. The van der Waals surface area contributed by atoms with Crippen molar-refractivity contribution in [3.63, 3.8) is 0 Å². The van der Waals surface area contributed by atoms with Crippen LogP contribution in [0.25, 0.3) is 0 Å². The molecular weight excluding hydrogens is 350 g/mol. The third kappa shape index (κ3) is 4.74. The second-order valence-corrected chi connectivity index (χ2v) is 8.89. The minimum absolute atomic E-state index is 0.0528. The van der Waals surface area contributed by atoms with Crippen LogP contribution in [-0.2, 0) is 23.8 Å². The van der Waals surface area contributed by atoms with Gasteiger partial charge in [0.25, 0.3) is 0 Å². The minimum atomic E-state index is -0.546. The number of nitrogens with zero attached hydrogens (tertiary/aromatic N) is 1. The van der Waals surface area contributed by atoms with Crippen molar-refractivity contribution in [2.24, 2.45) is 17.8 Å². The number of carbonyl (C=O) groups excluding carboxylic acids is 3. The van der Waals surface area contributed by atoms with Crippen LogP contribution in [0.1, 0.15) is 59.3 Å². The Morgan fingerprint density at radius 2 is 1.63 bits per heavy atom. The zero-order valence-corrected chi connectivity index (χ0v) is 16.6. The van der Waals surface area contributed by atoms with Crippen LogP contribution in [0.2, 0.25) is 0 Å². The molecule has 2 aliphatic heterocycles. The fourth-order valence-corrected chi connectivity index (χ4v) is 4.28. The first-order chi connectivity index (χ1) is 12.8. The van der Waals surface area contributed by atoms with Crippen LogP contribution in [-0.4, -0.2) is 54.3 Å². The number of hydrogen-bond acceptors (Lipinski definition) is 6. The van der Waals surface area contributed by atoms with Crippen molar-refractivity contribution in [3.05, 3.63) is 0 Å². The van der Waals surface area contributed by atoms with E-state index in [-0.39, 0.29) is 55.0 Å². The maximum absolute atomic E-state index is 12.3. The second-order valence-electron chi connectivity index (χ2n) is 8.89. The largest absolute Gasteiger partial charge is 0.465 e. The van der Waals surface area contributed by atoms with Crippen LogP contribution in [0.3, 0.4) is 0 Å². The molecule has 2 aliphatic carbocycles. The maximum atomic E-state index is 12.3.